The largest absolute Gasteiger partial charge is 0.338 e. The summed E-state index contributed by atoms with van der Waals surface area (Å²) in [5.74, 6) is -0.864. The average Bonchev–Trinajstić information content (AvgIpc) is 2.46. The number of amides is 2. The van der Waals surface area contributed by atoms with E-state index in [9.17, 15) is 14.0 Å². The number of benzene rings is 1. The van der Waals surface area contributed by atoms with Gasteiger partial charge in [0.1, 0.15) is 5.82 Å². The van der Waals surface area contributed by atoms with E-state index in [-0.39, 0.29) is 41.4 Å². The number of rotatable bonds is 2. The van der Waals surface area contributed by atoms with E-state index in [0.29, 0.717) is 26.2 Å². The van der Waals surface area contributed by atoms with Gasteiger partial charge in [-0.15, -0.1) is 12.4 Å². The summed E-state index contributed by atoms with van der Waals surface area (Å²) in [7, 11) is 0. The lowest BCUT2D eigenvalue weighted by atomic mass is 10.1. The van der Waals surface area contributed by atoms with Gasteiger partial charge in [-0.3, -0.25) is 9.59 Å². The number of hydrogen-bond acceptors (Lipinski definition) is 3. The summed E-state index contributed by atoms with van der Waals surface area (Å²) >= 11 is 5.88. The maximum absolute atomic E-state index is 13.0. The first-order chi connectivity index (χ1) is 9.52. The number of nitrogens with zero attached hydrogens (tertiary/aromatic N) is 2. The minimum Gasteiger partial charge on any atom is -0.338 e. The van der Waals surface area contributed by atoms with Crippen molar-refractivity contribution in [3.8, 4) is 0 Å². The Kier molecular flexibility index (Phi) is 6.39. The lowest BCUT2D eigenvalue weighted by Gasteiger charge is -2.34. The summed E-state index contributed by atoms with van der Waals surface area (Å²) < 4.78 is 13.0. The minimum atomic E-state index is -0.482. The second kappa shape index (κ2) is 7.59. The van der Waals surface area contributed by atoms with Crippen LogP contribution < -0.4 is 5.73 Å². The molecule has 116 valence electrons. The van der Waals surface area contributed by atoms with Crippen molar-refractivity contribution in [3.05, 3.63) is 34.6 Å². The third kappa shape index (κ3) is 4.06. The highest BCUT2D eigenvalue weighted by Crippen LogP contribution is 2.19. The molecule has 21 heavy (non-hydrogen) atoms. The van der Waals surface area contributed by atoms with Gasteiger partial charge in [-0.2, -0.15) is 0 Å². The fourth-order valence-electron chi connectivity index (χ4n) is 2.12. The van der Waals surface area contributed by atoms with E-state index < -0.39 is 5.82 Å². The van der Waals surface area contributed by atoms with Gasteiger partial charge in [0.2, 0.25) is 5.91 Å². The first-order valence-corrected chi connectivity index (χ1v) is 6.63. The minimum absolute atomic E-state index is 0. The molecule has 0 radical (unpaired) electrons. The molecule has 1 aliphatic heterocycles. The molecule has 1 aliphatic rings. The number of carbonyl (C=O) groups is 2. The van der Waals surface area contributed by atoms with Crippen LogP contribution in [0.3, 0.4) is 0 Å². The second-order valence-corrected chi connectivity index (χ2v) is 4.91. The van der Waals surface area contributed by atoms with E-state index >= 15 is 0 Å². The van der Waals surface area contributed by atoms with Crippen molar-refractivity contribution >= 4 is 35.8 Å². The van der Waals surface area contributed by atoms with Gasteiger partial charge in [0.05, 0.1) is 17.1 Å². The standard InChI is InChI=1S/C13H15ClFN3O2.ClH/c14-11-7-9(15)1-2-10(11)13(20)18-5-3-17(4-6-18)12(19)8-16;/h1-2,7H,3-6,8,16H2;1H. The SMILES string of the molecule is Cl.NCC(=O)N1CCN(C(=O)c2ccc(F)cc2Cl)CC1. The number of carbonyl (C=O) groups excluding carboxylic acids is 2. The zero-order valence-electron chi connectivity index (χ0n) is 11.2. The van der Waals surface area contributed by atoms with Crippen LogP contribution in [0.5, 0.6) is 0 Å². The van der Waals surface area contributed by atoms with Gasteiger partial charge in [-0.1, -0.05) is 11.6 Å². The molecule has 0 bridgehead atoms. The Morgan fingerprint density at radius 2 is 1.76 bits per heavy atom. The van der Waals surface area contributed by atoms with Crippen LogP contribution in [0.15, 0.2) is 18.2 Å². The fourth-order valence-corrected chi connectivity index (χ4v) is 2.37. The zero-order chi connectivity index (χ0) is 14.7. The Morgan fingerprint density at radius 3 is 2.29 bits per heavy atom. The van der Waals surface area contributed by atoms with E-state index in [1.807, 2.05) is 0 Å². The van der Waals surface area contributed by atoms with Crippen LogP contribution >= 0.6 is 24.0 Å². The number of piperazine rings is 1. The molecular formula is C13H16Cl2FN3O2. The van der Waals surface area contributed by atoms with Crippen molar-refractivity contribution in [2.75, 3.05) is 32.7 Å². The highest BCUT2D eigenvalue weighted by molar-refractivity contribution is 6.33. The highest BCUT2D eigenvalue weighted by Gasteiger charge is 2.25. The molecule has 1 aromatic carbocycles. The quantitative estimate of drug-likeness (QED) is 0.881. The van der Waals surface area contributed by atoms with Crippen LogP contribution in [0.4, 0.5) is 4.39 Å². The summed E-state index contributed by atoms with van der Waals surface area (Å²) in [4.78, 5) is 26.9. The molecular weight excluding hydrogens is 320 g/mol. The molecule has 0 spiro atoms. The predicted molar refractivity (Wildman–Crippen MR) is 80.2 cm³/mol. The van der Waals surface area contributed by atoms with Crippen LogP contribution in [0.25, 0.3) is 0 Å². The third-order valence-electron chi connectivity index (χ3n) is 3.26. The van der Waals surface area contributed by atoms with Crippen LogP contribution in [0, 0.1) is 5.82 Å². The molecule has 1 saturated heterocycles. The number of hydrogen-bond donors (Lipinski definition) is 1. The summed E-state index contributed by atoms with van der Waals surface area (Å²) in [6.45, 7) is 1.69. The van der Waals surface area contributed by atoms with Crippen LogP contribution in [-0.4, -0.2) is 54.3 Å². The molecule has 0 aromatic heterocycles. The summed E-state index contributed by atoms with van der Waals surface area (Å²) in [6.07, 6.45) is 0. The predicted octanol–water partition coefficient (Wildman–Crippen LogP) is 1.14. The normalized spacial score (nSPS) is 14.6. The Hall–Kier alpha value is -1.37. The summed E-state index contributed by atoms with van der Waals surface area (Å²) in [5, 5.41) is 0.0930. The molecule has 5 nitrogen and oxygen atoms in total. The lowest BCUT2D eigenvalue weighted by molar-refractivity contribution is -0.131. The smallest absolute Gasteiger partial charge is 0.255 e. The fraction of sp³-hybridized carbons (Fsp3) is 0.385. The van der Waals surface area contributed by atoms with Crippen molar-refractivity contribution in [2.24, 2.45) is 5.73 Å². The molecule has 8 heteroatoms. The maximum atomic E-state index is 13.0. The molecule has 2 amide bonds. The zero-order valence-corrected chi connectivity index (χ0v) is 12.8. The van der Waals surface area contributed by atoms with Gasteiger partial charge in [0, 0.05) is 26.2 Å². The van der Waals surface area contributed by atoms with Crippen LogP contribution in [-0.2, 0) is 4.79 Å². The summed E-state index contributed by atoms with van der Waals surface area (Å²) in [5.41, 5.74) is 5.57. The van der Waals surface area contributed by atoms with Crippen molar-refractivity contribution in [3.63, 3.8) is 0 Å². The van der Waals surface area contributed by atoms with Crippen LogP contribution in [0.1, 0.15) is 10.4 Å². The van der Waals surface area contributed by atoms with Crippen molar-refractivity contribution in [2.45, 2.75) is 0 Å². The Labute approximate surface area is 133 Å². The first kappa shape index (κ1) is 17.7. The van der Waals surface area contributed by atoms with E-state index in [0.717, 1.165) is 6.07 Å². The van der Waals surface area contributed by atoms with Gasteiger partial charge in [0.25, 0.3) is 5.91 Å². The topological polar surface area (TPSA) is 66.6 Å². The maximum Gasteiger partial charge on any atom is 0.255 e. The van der Waals surface area contributed by atoms with Crippen molar-refractivity contribution in [1.82, 2.24) is 9.80 Å². The van der Waals surface area contributed by atoms with Gasteiger partial charge >= 0.3 is 0 Å². The van der Waals surface area contributed by atoms with E-state index in [2.05, 4.69) is 0 Å². The molecule has 1 fully saturated rings. The molecule has 1 heterocycles. The average molecular weight is 336 g/mol. The Balaban J connectivity index is 0.00000220. The van der Waals surface area contributed by atoms with Crippen molar-refractivity contribution < 1.29 is 14.0 Å². The van der Waals surface area contributed by atoms with Gasteiger partial charge in [0.15, 0.2) is 0 Å². The van der Waals surface area contributed by atoms with Gasteiger partial charge in [-0.05, 0) is 18.2 Å². The van der Waals surface area contributed by atoms with E-state index in [1.54, 1.807) is 9.80 Å². The number of nitrogens with two attached hydrogens (primary N) is 1. The lowest BCUT2D eigenvalue weighted by Crippen LogP contribution is -2.51. The second-order valence-electron chi connectivity index (χ2n) is 4.50. The molecule has 0 unspecified atom stereocenters. The Bertz CT molecular complexity index is 534. The third-order valence-corrected chi connectivity index (χ3v) is 3.57. The highest BCUT2D eigenvalue weighted by atomic mass is 35.5. The van der Waals surface area contributed by atoms with Crippen molar-refractivity contribution in [1.29, 1.82) is 0 Å². The van der Waals surface area contributed by atoms with Gasteiger partial charge in [-0.25, -0.2) is 4.39 Å². The molecule has 1 aromatic rings. The van der Waals surface area contributed by atoms with Gasteiger partial charge < -0.3 is 15.5 Å². The Morgan fingerprint density at radius 1 is 1.19 bits per heavy atom. The number of halogens is 3. The molecule has 2 N–H and O–H groups in total. The molecule has 0 aliphatic carbocycles. The molecule has 0 atom stereocenters. The van der Waals surface area contributed by atoms with Crippen LogP contribution in [0.2, 0.25) is 5.02 Å². The first-order valence-electron chi connectivity index (χ1n) is 6.25. The molecule has 0 saturated carbocycles. The monoisotopic (exact) mass is 335 g/mol. The summed E-state index contributed by atoms with van der Waals surface area (Å²) in [6, 6.07) is 3.69. The molecule has 2 rings (SSSR count). The van der Waals surface area contributed by atoms with E-state index in [4.69, 9.17) is 17.3 Å². The van der Waals surface area contributed by atoms with E-state index in [1.165, 1.54) is 12.1 Å².